The molecule has 1 amide bonds. The maximum Gasteiger partial charge on any atom is 0.247 e. The Morgan fingerprint density at radius 3 is 2.53 bits per heavy atom. The first kappa shape index (κ1) is 21.6. The van der Waals surface area contributed by atoms with E-state index in [0.29, 0.717) is 5.95 Å². The zero-order valence-electron chi connectivity index (χ0n) is 17.0. The standard InChI is InChI=1S/C16H18N4O.C5H6BrN3/c1-3-15(21)19-12-6-7-13-14(10-12)17-11(2)18-16(13)20-8-4-5-9-20;1-7-5-8-2-4(6)3-9-5/h3,6-7,10H,1,4-5,8-9H2,2H3,(H,19,21);2-3H,1H3,(H,7,8,9). The molecule has 2 aromatic heterocycles. The van der Waals surface area contributed by atoms with Gasteiger partial charge >= 0.3 is 0 Å². The van der Waals surface area contributed by atoms with Crippen LogP contribution in [0.1, 0.15) is 18.7 Å². The second kappa shape index (κ2) is 10.1. The minimum Gasteiger partial charge on any atom is -0.357 e. The van der Waals surface area contributed by atoms with Crippen molar-refractivity contribution in [2.45, 2.75) is 19.8 Å². The van der Waals surface area contributed by atoms with Gasteiger partial charge in [-0.25, -0.2) is 19.9 Å². The maximum absolute atomic E-state index is 11.4. The van der Waals surface area contributed by atoms with Crippen LogP contribution in [-0.4, -0.2) is 46.0 Å². The molecule has 4 rings (SSSR count). The van der Waals surface area contributed by atoms with Crippen LogP contribution in [0.2, 0.25) is 0 Å². The largest absolute Gasteiger partial charge is 0.357 e. The third-order valence-electron chi connectivity index (χ3n) is 4.49. The van der Waals surface area contributed by atoms with E-state index in [2.05, 4.69) is 58.0 Å². The summed E-state index contributed by atoms with van der Waals surface area (Å²) in [6.45, 7) is 7.44. The zero-order valence-corrected chi connectivity index (χ0v) is 18.6. The van der Waals surface area contributed by atoms with Crippen molar-refractivity contribution in [1.29, 1.82) is 0 Å². The fourth-order valence-electron chi connectivity index (χ4n) is 3.11. The summed E-state index contributed by atoms with van der Waals surface area (Å²) in [5.41, 5.74) is 1.57. The maximum atomic E-state index is 11.4. The second-order valence-corrected chi connectivity index (χ2v) is 7.60. The quantitative estimate of drug-likeness (QED) is 0.558. The number of benzene rings is 1. The topological polar surface area (TPSA) is 95.9 Å². The Morgan fingerprint density at radius 2 is 1.90 bits per heavy atom. The Kier molecular flexibility index (Phi) is 7.29. The number of aromatic nitrogens is 4. The van der Waals surface area contributed by atoms with Gasteiger partial charge < -0.3 is 15.5 Å². The monoisotopic (exact) mass is 469 g/mol. The molecule has 1 aliphatic heterocycles. The summed E-state index contributed by atoms with van der Waals surface area (Å²) in [6, 6.07) is 5.73. The van der Waals surface area contributed by atoms with Crippen molar-refractivity contribution in [3.63, 3.8) is 0 Å². The van der Waals surface area contributed by atoms with Crippen LogP contribution >= 0.6 is 15.9 Å². The molecule has 156 valence electrons. The smallest absolute Gasteiger partial charge is 0.247 e. The summed E-state index contributed by atoms with van der Waals surface area (Å²) >= 11 is 3.22. The molecule has 1 saturated heterocycles. The number of fused-ring (bicyclic) bond motifs is 1. The Labute approximate surface area is 184 Å². The van der Waals surface area contributed by atoms with Gasteiger partial charge in [-0.05, 0) is 60.0 Å². The molecule has 9 heteroatoms. The number of carbonyl (C=O) groups is 1. The molecule has 0 bridgehead atoms. The van der Waals surface area contributed by atoms with E-state index in [-0.39, 0.29) is 5.91 Å². The van der Waals surface area contributed by atoms with Gasteiger partial charge in [0.15, 0.2) is 0 Å². The molecule has 30 heavy (non-hydrogen) atoms. The summed E-state index contributed by atoms with van der Waals surface area (Å²) in [5, 5.41) is 6.60. The molecule has 1 aliphatic rings. The number of halogens is 1. The van der Waals surface area contributed by atoms with Gasteiger partial charge in [0, 0.05) is 43.6 Å². The Morgan fingerprint density at radius 1 is 1.20 bits per heavy atom. The molecule has 3 aromatic rings. The highest BCUT2D eigenvalue weighted by Gasteiger charge is 2.17. The molecule has 0 unspecified atom stereocenters. The first-order chi connectivity index (χ1) is 14.5. The zero-order chi connectivity index (χ0) is 21.5. The number of carbonyl (C=O) groups excluding carboxylic acids is 1. The molecule has 1 fully saturated rings. The van der Waals surface area contributed by atoms with E-state index < -0.39 is 0 Å². The number of hydrogen-bond acceptors (Lipinski definition) is 7. The lowest BCUT2D eigenvalue weighted by Crippen LogP contribution is -2.20. The number of nitrogens with zero attached hydrogens (tertiary/aromatic N) is 5. The summed E-state index contributed by atoms with van der Waals surface area (Å²) in [7, 11) is 1.78. The van der Waals surface area contributed by atoms with Crippen LogP contribution in [0.15, 0.2) is 47.7 Å². The van der Waals surface area contributed by atoms with Crippen LogP contribution in [0.3, 0.4) is 0 Å². The van der Waals surface area contributed by atoms with Crippen LogP contribution in [0, 0.1) is 6.92 Å². The van der Waals surface area contributed by atoms with Gasteiger partial charge in [-0.3, -0.25) is 4.79 Å². The van der Waals surface area contributed by atoms with Crippen molar-refractivity contribution >= 4 is 50.2 Å². The highest BCUT2D eigenvalue weighted by atomic mass is 79.9. The third-order valence-corrected chi connectivity index (χ3v) is 4.90. The highest BCUT2D eigenvalue weighted by Crippen LogP contribution is 2.28. The predicted molar refractivity (Wildman–Crippen MR) is 124 cm³/mol. The van der Waals surface area contributed by atoms with Gasteiger partial charge in [-0.2, -0.15) is 0 Å². The first-order valence-corrected chi connectivity index (χ1v) is 10.4. The number of anilines is 3. The van der Waals surface area contributed by atoms with Crippen LogP contribution in [0.25, 0.3) is 10.9 Å². The molecule has 0 spiro atoms. The summed E-state index contributed by atoms with van der Waals surface area (Å²) in [5.74, 6) is 2.16. The third kappa shape index (κ3) is 5.50. The molecule has 2 N–H and O–H groups in total. The van der Waals surface area contributed by atoms with Crippen molar-refractivity contribution in [2.75, 3.05) is 35.7 Å². The van der Waals surface area contributed by atoms with Crippen molar-refractivity contribution in [1.82, 2.24) is 19.9 Å². The first-order valence-electron chi connectivity index (χ1n) is 9.62. The molecule has 0 radical (unpaired) electrons. The van der Waals surface area contributed by atoms with E-state index in [1.165, 1.54) is 18.9 Å². The lowest BCUT2D eigenvalue weighted by atomic mass is 10.2. The molecular weight excluding hydrogens is 446 g/mol. The van der Waals surface area contributed by atoms with Gasteiger partial charge in [0.2, 0.25) is 11.9 Å². The van der Waals surface area contributed by atoms with Gasteiger partial charge in [0.1, 0.15) is 11.6 Å². The fraction of sp³-hybridized carbons (Fsp3) is 0.286. The highest BCUT2D eigenvalue weighted by molar-refractivity contribution is 9.10. The average Bonchev–Trinajstić information content (AvgIpc) is 3.28. The van der Waals surface area contributed by atoms with E-state index in [4.69, 9.17) is 0 Å². The lowest BCUT2D eigenvalue weighted by molar-refractivity contribution is -0.111. The number of rotatable bonds is 4. The molecule has 0 aliphatic carbocycles. The fourth-order valence-corrected chi connectivity index (χ4v) is 3.31. The molecule has 0 saturated carbocycles. The van der Waals surface area contributed by atoms with E-state index >= 15 is 0 Å². The minimum absolute atomic E-state index is 0.222. The molecule has 0 atom stereocenters. The molecule has 1 aromatic carbocycles. The average molecular weight is 470 g/mol. The van der Waals surface area contributed by atoms with Crippen molar-refractivity contribution < 1.29 is 4.79 Å². The van der Waals surface area contributed by atoms with Gasteiger partial charge in [0.05, 0.1) is 9.99 Å². The van der Waals surface area contributed by atoms with E-state index in [1.807, 2.05) is 25.1 Å². The summed E-state index contributed by atoms with van der Waals surface area (Å²) in [6.07, 6.45) is 7.05. The Hall–Kier alpha value is -3.07. The number of hydrogen-bond donors (Lipinski definition) is 2. The van der Waals surface area contributed by atoms with Crippen LogP contribution in [0.5, 0.6) is 0 Å². The SMILES string of the molecule is C=CC(=O)Nc1ccc2c(N3CCCC3)nc(C)nc2c1.CNc1ncc(Br)cn1. The van der Waals surface area contributed by atoms with Crippen molar-refractivity contribution in [3.8, 4) is 0 Å². The minimum atomic E-state index is -0.222. The summed E-state index contributed by atoms with van der Waals surface area (Å²) in [4.78, 5) is 30.6. The molecule has 3 heterocycles. The Bertz CT molecular complexity index is 1030. The molecule has 8 nitrogen and oxygen atoms in total. The van der Waals surface area contributed by atoms with Crippen LogP contribution < -0.4 is 15.5 Å². The molecular formula is C21H24BrN7O. The van der Waals surface area contributed by atoms with Gasteiger partial charge in [-0.1, -0.05) is 6.58 Å². The van der Waals surface area contributed by atoms with E-state index in [9.17, 15) is 4.79 Å². The van der Waals surface area contributed by atoms with Gasteiger partial charge in [-0.15, -0.1) is 0 Å². The van der Waals surface area contributed by atoms with Crippen LogP contribution in [-0.2, 0) is 4.79 Å². The number of amides is 1. The van der Waals surface area contributed by atoms with E-state index in [0.717, 1.165) is 45.8 Å². The second-order valence-electron chi connectivity index (χ2n) is 6.69. The normalized spacial score (nSPS) is 12.8. The van der Waals surface area contributed by atoms with Crippen molar-refractivity contribution in [3.05, 3.63) is 53.5 Å². The van der Waals surface area contributed by atoms with Gasteiger partial charge in [0.25, 0.3) is 0 Å². The number of aryl methyl sites for hydroxylation is 1. The predicted octanol–water partition coefficient (Wildman–Crippen LogP) is 3.94. The number of nitrogens with one attached hydrogen (secondary N) is 2. The van der Waals surface area contributed by atoms with E-state index in [1.54, 1.807) is 19.4 Å². The van der Waals surface area contributed by atoms with Crippen LogP contribution in [0.4, 0.5) is 17.5 Å². The summed E-state index contributed by atoms with van der Waals surface area (Å²) < 4.78 is 0.890. The lowest BCUT2D eigenvalue weighted by Gasteiger charge is -2.19. The van der Waals surface area contributed by atoms with Crippen molar-refractivity contribution in [2.24, 2.45) is 0 Å². The Balaban J connectivity index is 0.000000239.